The minimum Gasteiger partial charge on any atom is -0.0653 e. The van der Waals surface area contributed by atoms with Gasteiger partial charge in [0.25, 0.3) is 0 Å². The number of hydrogen-bond donors (Lipinski definition) is 0. The second kappa shape index (κ2) is 5.03. The molecule has 0 nitrogen and oxygen atoms in total. The van der Waals surface area contributed by atoms with Gasteiger partial charge in [0.15, 0.2) is 0 Å². The van der Waals surface area contributed by atoms with Gasteiger partial charge in [-0.05, 0) is 38.8 Å². The molecule has 2 aliphatic rings. The van der Waals surface area contributed by atoms with Crippen LogP contribution in [-0.2, 0) is 0 Å². The molecular weight excluding hydrogens is 256 g/mol. The zero-order valence-corrected chi connectivity index (χ0v) is 14.3. The molecule has 0 unspecified atom stereocenters. The van der Waals surface area contributed by atoms with Crippen LogP contribution in [0.2, 0.25) is 17.6 Å². The van der Waals surface area contributed by atoms with Gasteiger partial charge in [-0.25, -0.2) is 0 Å². The Balaban J connectivity index is 2.14. The molecule has 1 aromatic rings. The first-order valence-electron chi connectivity index (χ1n) is 7.98. The third-order valence-electron chi connectivity index (χ3n) is 6.01. The Hall–Kier alpha value is -1.08. The molecule has 0 radical (unpaired) electrons. The van der Waals surface area contributed by atoms with Gasteiger partial charge in [0.1, 0.15) is 0 Å². The Labute approximate surface area is 124 Å². The molecule has 1 aromatic carbocycles. The fourth-order valence-corrected chi connectivity index (χ4v) is 11.1. The van der Waals surface area contributed by atoms with Crippen LogP contribution in [0.1, 0.15) is 40.5 Å². The molecule has 1 aliphatic heterocycles. The molecule has 1 fully saturated rings. The number of rotatable bonds is 2. The van der Waals surface area contributed by atoms with Gasteiger partial charge in [-0.1, -0.05) is 71.6 Å². The van der Waals surface area contributed by atoms with Gasteiger partial charge < -0.3 is 0 Å². The topological polar surface area (TPSA) is 0 Å². The molecule has 1 saturated heterocycles. The van der Waals surface area contributed by atoms with E-state index in [1.807, 2.05) is 0 Å². The van der Waals surface area contributed by atoms with Crippen LogP contribution in [0.15, 0.2) is 52.6 Å². The molecular formula is C19H26Si. The molecule has 0 amide bonds. The lowest BCUT2D eigenvalue weighted by atomic mass is 10.1. The summed E-state index contributed by atoms with van der Waals surface area (Å²) >= 11 is 0. The summed E-state index contributed by atoms with van der Waals surface area (Å²) in [4.78, 5) is 0. The highest BCUT2D eigenvalue weighted by Crippen LogP contribution is 2.52. The predicted molar refractivity (Wildman–Crippen MR) is 91.2 cm³/mol. The van der Waals surface area contributed by atoms with Crippen LogP contribution in [0.4, 0.5) is 0 Å². The van der Waals surface area contributed by atoms with Crippen molar-refractivity contribution in [1.82, 2.24) is 0 Å². The molecule has 0 atom stereocenters. The van der Waals surface area contributed by atoms with Crippen molar-refractivity contribution in [2.75, 3.05) is 0 Å². The molecule has 0 bridgehead atoms. The SMILES string of the molecule is CC1=C(C)C([Si]2(c3ccccc3)CCCC2)C(C)=C1C. The molecule has 106 valence electrons. The third kappa shape index (κ3) is 1.87. The maximum atomic E-state index is 2.42. The number of allylic oxidation sites excluding steroid dienone is 4. The normalized spacial score (nSPS) is 23.0. The summed E-state index contributed by atoms with van der Waals surface area (Å²) in [5.41, 5.74) is 7.27. The van der Waals surface area contributed by atoms with E-state index in [1.165, 1.54) is 24.9 Å². The van der Waals surface area contributed by atoms with Crippen molar-refractivity contribution in [3.05, 3.63) is 52.6 Å². The van der Waals surface area contributed by atoms with E-state index in [0.717, 1.165) is 5.54 Å². The van der Waals surface area contributed by atoms with Crippen molar-refractivity contribution in [3.8, 4) is 0 Å². The zero-order chi connectivity index (χ0) is 14.3. The first-order valence-corrected chi connectivity index (χ1v) is 10.5. The van der Waals surface area contributed by atoms with E-state index < -0.39 is 8.07 Å². The minimum absolute atomic E-state index is 0.771. The van der Waals surface area contributed by atoms with Crippen LogP contribution in [0.5, 0.6) is 0 Å². The zero-order valence-electron chi connectivity index (χ0n) is 13.3. The van der Waals surface area contributed by atoms with Gasteiger partial charge in [-0.15, -0.1) is 0 Å². The quantitative estimate of drug-likeness (QED) is 0.655. The predicted octanol–water partition coefficient (Wildman–Crippen LogP) is 5.19. The van der Waals surface area contributed by atoms with E-state index in [2.05, 4.69) is 58.0 Å². The maximum Gasteiger partial charge on any atom is 0.0978 e. The van der Waals surface area contributed by atoms with E-state index >= 15 is 0 Å². The Bertz CT molecular complexity index is 547. The Morgan fingerprint density at radius 3 is 1.80 bits per heavy atom. The number of hydrogen-bond acceptors (Lipinski definition) is 0. The summed E-state index contributed by atoms with van der Waals surface area (Å²) in [7, 11) is -1.40. The van der Waals surface area contributed by atoms with Gasteiger partial charge in [0.05, 0.1) is 8.07 Å². The summed E-state index contributed by atoms with van der Waals surface area (Å²) in [6.45, 7) is 9.46. The highest BCUT2D eigenvalue weighted by molar-refractivity contribution is 6.94. The standard InChI is InChI=1S/C19H26Si/c1-14-15(2)17(4)19(16(14)3)20(12-8-9-13-20)18-10-6-5-7-11-18/h5-7,10-11,19H,8-9,12-13H2,1-4H3. The van der Waals surface area contributed by atoms with Gasteiger partial charge in [0.2, 0.25) is 0 Å². The third-order valence-corrected chi connectivity index (χ3v) is 12.0. The lowest BCUT2D eigenvalue weighted by Crippen LogP contribution is -2.49. The van der Waals surface area contributed by atoms with Crippen molar-refractivity contribution in [1.29, 1.82) is 0 Å². The van der Waals surface area contributed by atoms with Crippen molar-refractivity contribution >= 4 is 13.3 Å². The largest absolute Gasteiger partial charge is 0.0978 e. The van der Waals surface area contributed by atoms with E-state index in [9.17, 15) is 0 Å². The summed E-state index contributed by atoms with van der Waals surface area (Å²) in [5, 5.41) is 1.70. The van der Waals surface area contributed by atoms with Gasteiger partial charge in [-0.3, -0.25) is 0 Å². The lowest BCUT2D eigenvalue weighted by Gasteiger charge is -2.36. The van der Waals surface area contributed by atoms with Crippen LogP contribution in [0.3, 0.4) is 0 Å². The van der Waals surface area contributed by atoms with Crippen molar-refractivity contribution in [2.45, 2.75) is 58.2 Å². The molecule has 1 heterocycles. The molecule has 20 heavy (non-hydrogen) atoms. The minimum atomic E-state index is -1.40. The van der Waals surface area contributed by atoms with Crippen molar-refractivity contribution in [3.63, 3.8) is 0 Å². The fourth-order valence-electron chi connectivity index (χ4n) is 4.70. The lowest BCUT2D eigenvalue weighted by molar-refractivity contribution is 0.935. The van der Waals surface area contributed by atoms with Gasteiger partial charge in [0, 0.05) is 5.54 Å². The van der Waals surface area contributed by atoms with E-state index in [0.29, 0.717) is 0 Å². The highest BCUT2D eigenvalue weighted by atomic mass is 28.3. The second-order valence-electron chi connectivity index (χ2n) is 6.78. The highest BCUT2D eigenvalue weighted by Gasteiger charge is 2.48. The summed E-state index contributed by atoms with van der Waals surface area (Å²) in [5.74, 6) is 0. The van der Waals surface area contributed by atoms with Crippen molar-refractivity contribution < 1.29 is 0 Å². The molecule has 3 rings (SSSR count). The van der Waals surface area contributed by atoms with Gasteiger partial charge in [-0.2, -0.15) is 0 Å². The molecule has 0 N–H and O–H groups in total. The Morgan fingerprint density at radius 1 is 0.800 bits per heavy atom. The van der Waals surface area contributed by atoms with Crippen LogP contribution >= 0.6 is 0 Å². The van der Waals surface area contributed by atoms with Crippen LogP contribution < -0.4 is 5.19 Å². The summed E-state index contributed by atoms with van der Waals surface area (Å²) in [6, 6.07) is 14.5. The van der Waals surface area contributed by atoms with Crippen molar-refractivity contribution in [2.24, 2.45) is 0 Å². The molecule has 0 spiro atoms. The van der Waals surface area contributed by atoms with E-state index in [1.54, 1.807) is 27.5 Å². The summed E-state index contributed by atoms with van der Waals surface area (Å²) in [6.07, 6.45) is 2.88. The Kier molecular flexibility index (Phi) is 3.49. The monoisotopic (exact) mass is 282 g/mol. The first-order chi connectivity index (χ1) is 9.58. The average Bonchev–Trinajstić information content (AvgIpc) is 3.03. The molecule has 1 aliphatic carbocycles. The van der Waals surface area contributed by atoms with Crippen LogP contribution in [0.25, 0.3) is 0 Å². The number of benzene rings is 1. The maximum absolute atomic E-state index is 2.42. The molecule has 1 heteroatoms. The smallest absolute Gasteiger partial charge is 0.0653 e. The van der Waals surface area contributed by atoms with Crippen LogP contribution in [-0.4, -0.2) is 8.07 Å². The Morgan fingerprint density at radius 2 is 1.30 bits per heavy atom. The average molecular weight is 283 g/mol. The first kappa shape index (κ1) is 13.9. The second-order valence-corrected chi connectivity index (χ2v) is 11.2. The van der Waals surface area contributed by atoms with E-state index in [4.69, 9.17) is 0 Å². The summed E-state index contributed by atoms with van der Waals surface area (Å²) < 4.78 is 0. The van der Waals surface area contributed by atoms with E-state index in [-0.39, 0.29) is 0 Å². The molecule has 0 saturated carbocycles. The van der Waals surface area contributed by atoms with Crippen LogP contribution in [0, 0.1) is 0 Å². The fraction of sp³-hybridized carbons (Fsp3) is 0.474. The van der Waals surface area contributed by atoms with Gasteiger partial charge >= 0.3 is 0 Å². The molecule has 0 aromatic heterocycles.